The van der Waals surface area contributed by atoms with Gasteiger partial charge in [0.15, 0.2) is 0 Å². The first-order valence-electron chi connectivity index (χ1n) is 5.60. The van der Waals surface area contributed by atoms with Gasteiger partial charge < -0.3 is 10.0 Å². The molecule has 0 spiro atoms. The Kier molecular flexibility index (Phi) is 4.80. The van der Waals surface area contributed by atoms with E-state index >= 15 is 0 Å². The SMILES string of the molecule is CCCCN(c1cc(C)cs1)C(C)C(=O)O. The first-order chi connectivity index (χ1) is 7.56. The minimum absolute atomic E-state index is 0.454. The fourth-order valence-corrected chi connectivity index (χ4v) is 2.54. The molecule has 1 aromatic rings. The lowest BCUT2D eigenvalue weighted by Gasteiger charge is -2.26. The number of thiophene rings is 1. The van der Waals surface area contributed by atoms with E-state index in [0.717, 1.165) is 24.4 Å². The van der Waals surface area contributed by atoms with Gasteiger partial charge in [0.05, 0.1) is 5.00 Å². The Morgan fingerprint density at radius 1 is 1.62 bits per heavy atom. The molecule has 1 rings (SSSR count). The predicted octanol–water partition coefficient (Wildman–Crippen LogP) is 3.14. The van der Waals surface area contributed by atoms with E-state index in [1.54, 1.807) is 18.3 Å². The molecule has 1 aromatic heterocycles. The molecule has 0 aliphatic rings. The summed E-state index contributed by atoms with van der Waals surface area (Å²) in [6.45, 7) is 6.70. The minimum atomic E-state index is -0.762. The molecule has 16 heavy (non-hydrogen) atoms. The predicted molar refractivity (Wildman–Crippen MR) is 68.4 cm³/mol. The molecular formula is C12H19NO2S. The number of carboxylic acids is 1. The molecule has 0 bridgehead atoms. The van der Waals surface area contributed by atoms with Crippen molar-refractivity contribution >= 4 is 22.3 Å². The molecule has 3 nitrogen and oxygen atoms in total. The van der Waals surface area contributed by atoms with Crippen LogP contribution in [0.1, 0.15) is 32.3 Å². The van der Waals surface area contributed by atoms with E-state index in [-0.39, 0.29) is 0 Å². The van der Waals surface area contributed by atoms with Gasteiger partial charge in [0, 0.05) is 6.54 Å². The topological polar surface area (TPSA) is 40.5 Å². The Balaban J connectivity index is 2.82. The molecule has 90 valence electrons. The summed E-state index contributed by atoms with van der Waals surface area (Å²) in [6, 6.07) is 1.60. The lowest BCUT2D eigenvalue weighted by molar-refractivity contribution is -0.138. The number of aryl methyl sites for hydroxylation is 1. The van der Waals surface area contributed by atoms with Crippen LogP contribution in [0, 0.1) is 6.92 Å². The summed E-state index contributed by atoms with van der Waals surface area (Å²) < 4.78 is 0. The molecule has 0 saturated carbocycles. The van der Waals surface area contributed by atoms with Crippen LogP contribution in [-0.2, 0) is 4.79 Å². The van der Waals surface area contributed by atoms with Crippen molar-refractivity contribution in [2.45, 2.75) is 39.7 Å². The number of hydrogen-bond acceptors (Lipinski definition) is 3. The van der Waals surface area contributed by atoms with Gasteiger partial charge in [0.1, 0.15) is 6.04 Å². The molecule has 0 amide bonds. The fraction of sp³-hybridized carbons (Fsp3) is 0.583. The van der Waals surface area contributed by atoms with Gasteiger partial charge in [-0.1, -0.05) is 13.3 Å². The van der Waals surface area contributed by atoms with E-state index in [2.05, 4.69) is 18.4 Å². The number of carboxylic acid groups (broad SMARTS) is 1. The van der Waals surface area contributed by atoms with Crippen LogP contribution in [-0.4, -0.2) is 23.7 Å². The van der Waals surface area contributed by atoms with Crippen LogP contribution in [0.5, 0.6) is 0 Å². The van der Waals surface area contributed by atoms with Crippen molar-refractivity contribution in [1.82, 2.24) is 0 Å². The summed E-state index contributed by atoms with van der Waals surface area (Å²) in [4.78, 5) is 13.0. The maximum atomic E-state index is 11.0. The molecule has 0 aliphatic carbocycles. The van der Waals surface area contributed by atoms with Crippen LogP contribution >= 0.6 is 11.3 Å². The van der Waals surface area contributed by atoms with Crippen molar-refractivity contribution in [3.05, 3.63) is 17.0 Å². The third-order valence-electron chi connectivity index (χ3n) is 2.58. The average molecular weight is 241 g/mol. The zero-order valence-corrected chi connectivity index (χ0v) is 10.9. The van der Waals surface area contributed by atoms with Crippen molar-refractivity contribution in [2.24, 2.45) is 0 Å². The second-order valence-electron chi connectivity index (χ2n) is 4.02. The zero-order valence-electron chi connectivity index (χ0n) is 10.1. The standard InChI is InChI=1S/C12H19NO2S/c1-4-5-6-13(10(3)12(14)15)11-7-9(2)8-16-11/h7-8,10H,4-6H2,1-3H3,(H,14,15). The summed E-state index contributed by atoms with van der Waals surface area (Å²) in [5, 5.41) is 12.2. The van der Waals surface area contributed by atoms with Crippen LogP contribution < -0.4 is 4.90 Å². The molecule has 1 atom stereocenters. The molecule has 1 unspecified atom stereocenters. The highest BCUT2D eigenvalue weighted by Gasteiger charge is 2.21. The van der Waals surface area contributed by atoms with E-state index in [0.29, 0.717) is 0 Å². The molecule has 0 aliphatic heterocycles. The van der Waals surface area contributed by atoms with E-state index in [4.69, 9.17) is 5.11 Å². The highest BCUT2D eigenvalue weighted by atomic mass is 32.1. The summed E-state index contributed by atoms with van der Waals surface area (Å²) in [5.41, 5.74) is 1.19. The van der Waals surface area contributed by atoms with E-state index in [1.807, 2.05) is 11.8 Å². The van der Waals surface area contributed by atoms with Crippen molar-refractivity contribution < 1.29 is 9.90 Å². The first-order valence-corrected chi connectivity index (χ1v) is 6.48. The summed E-state index contributed by atoms with van der Waals surface area (Å²) in [6.07, 6.45) is 2.10. The van der Waals surface area contributed by atoms with Gasteiger partial charge >= 0.3 is 5.97 Å². The largest absolute Gasteiger partial charge is 0.480 e. The maximum Gasteiger partial charge on any atom is 0.326 e. The Morgan fingerprint density at radius 2 is 2.31 bits per heavy atom. The molecule has 0 aromatic carbocycles. The molecular weight excluding hydrogens is 222 g/mol. The smallest absolute Gasteiger partial charge is 0.326 e. The lowest BCUT2D eigenvalue weighted by Crippen LogP contribution is -2.39. The van der Waals surface area contributed by atoms with Gasteiger partial charge in [-0.3, -0.25) is 0 Å². The van der Waals surface area contributed by atoms with Crippen molar-refractivity contribution in [1.29, 1.82) is 0 Å². The van der Waals surface area contributed by atoms with Gasteiger partial charge in [-0.15, -0.1) is 11.3 Å². The molecule has 1 heterocycles. The number of nitrogens with zero attached hydrogens (tertiary/aromatic N) is 1. The second-order valence-corrected chi connectivity index (χ2v) is 4.91. The Hall–Kier alpha value is -1.03. The number of rotatable bonds is 6. The lowest BCUT2D eigenvalue weighted by atomic mass is 10.2. The van der Waals surface area contributed by atoms with E-state index in [9.17, 15) is 4.79 Å². The third kappa shape index (κ3) is 3.23. The fourth-order valence-electron chi connectivity index (χ4n) is 1.52. The van der Waals surface area contributed by atoms with Crippen LogP contribution in [0.15, 0.2) is 11.4 Å². The minimum Gasteiger partial charge on any atom is -0.480 e. The Bertz CT molecular complexity index is 349. The van der Waals surface area contributed by atoms with Crippen LogP contribution in [0.25, 0.3) is 0 Å². The van der Waals surface area contributed by atoms with Gasteiger partial charge in [0.25, 0.3) is 0 Å². The monoisotopic (exact) mass is 241 g/mol. The molecule has 0 radical (unpaired) electrons. The van der Waals surface area contributed by atoms with Gasteiger partial charge in [-0.25, -0.2) is 4.79 Å². The van der Waals surface area contributed by atoms with Gasteiger partial charge in [0.2, 0.25) is 0 Å². The van der Waals surface area contributed by atoms with Crippen LogP contribution in [0.2, 0.25) is 0 Å². The quantitative estimate of drug-likeness (QED) is 0.831. The van der Waals surface area contributed by atoms with Crippen LogP contribution in [0.4, 0.5) is 5.00 Å². The second kappa shape index (κ2) is 5.89. The molecule has 0 saturated heterocycles. The normalized spacial score (nSPS) is 12.4. The van der Waals surface area contributed by atoms with Crippen molar-refractivity contribution in [3.63, 3.8) is 0 Å². The number of hydrogen-bond donors (Lipinski definition) is 1. The number of unbranched alkanes of at least 4 members (excludes halogenated alkanes) is 1. The summed E-state index contributed by atoms with van der Waals surface area (Å²) in [5.74, 6) is -0.762. The molecule has 4 heteroatoms. The number of aliphatic carboxylic acids is 1. The van der Waals surface area contributed by atoms with Crippen molar-refractivity contribution in [3.8, 4) is 0 Å². The van der Waals surface area contributed by atoms with E-state index in [1.165, 1.54) is 5.56 Å². The van der Waals surface area contributed by atoms with Gasteiger partial charge in [-0.2, -0.15) is 0 Å². The average Bonchev–Trinajstić information content (AvgIpc) is 2.65. The van der Waals surface area contributed by atoms with E-state index < -0.39 is 12.0 Å². The molecule has 0 fully saturated rings. The highest BCUT2D eigenvalue weighted by molar-refractivity contribution is 7.14. The Morgan fingerprint density at radius 3 is 2.75 bits per heavy atom. The number of anilines is 1. The van der Waals surface area contributed by atoms with Gasteiger partial charge in [-0.05, 0) is 37.3 Å². The molecule has 1 N–H and O–H groups in total. The summed E-state index contributed by atoms with van der Waals surface area (Å²) >= 11 is 1.62. The number of carbonyl (C=O) groups is 1. The maximum absolute atomic E-state index is 11.0. The highest BCUT2D eigenvalue weighted by Crippen LogP contribution is 2.26. The third-order valence-corrected chi connectivity index (χ3v) is 3.66. The Labute approximate surface area is 101 Å². The van der Waals surface area contributed by atoms with Crippen molar-refractivity contribution in [2.75, 3.05) is 11.4 Å². The summed E-state index contributed by atoms with van der Waals surface area (Å²) in [7, 11) is 0. The van der Waals surface area contributed by atoms with Crippen LogP contribution in [0.3, 0.4) is 0 Å². The zero-order chi connectivity index (χ0) is 12.1. The first kappa shape index (κ1) is 13.0.